The largest absolute Gasteiger partial charge is 0.126 e. The van der Waals surface area contributed by atoms with Gasteiger partial charge in [-0.25, -0.2) is 0 Å². The molecule has 0 aliphatic rings. The predicted molar refractivity (Wildman–Crippen MR) is 97.4 cm³/mol. The van der Waals surface area contributed by atoms with Crippen LogP contribution in [0.25, 0.3) is 0 Å². The van der Waals surface area contributed by atoms with Crippen LogP contribution in [0.4, 0.5) is 0 Å². The van der Waals surface area contributed by atoms with Crippen LogP contribution in [-0.2, 0) is 11.8 Å². The van der Waals surface area contributed by atoms with E-state index in [1.807, 2.05) is 36.4 Å². The molecule has 0 bridgehead atoms. The SMILES string of the molecule is ClCC(CCl)(Cc1ccc(Cl)c(Cl)c1)c1ccccc1Br. The summed E-state index contributed by atoms with van der Waals surface area (Å²) in [6.07, 6.45) is 0.694. The van der Waals surface area contributed by atoms with Crippen molar-refractivity contribution in [3.63, 3.8) is 0 Å². The Labute approximate surface area is 153 Å². The van der Waals surface area contributed by atoms with Crippen molar-refractivity contribution in [3.05, 3.63) is 68.1 Å². The molecule has 2 rings (SSSR count). The lowest BCUT2D eigenvalue weighted by Crippen LogP contribution is -2.33. The fraction of sp³-hybridized carbons (Fsp3) is 0.250. The number of alkyl halides is 2. The van der Waals surface area contributed by atoms with E-state index in [1.54, 1.807) is 6.07 Å². The van der Waals surface area contributed by atoms with Crippen LogP contribution in [0.5, 0.6) is 0 Å². The number of benzene rings is 2. The lowest BCUT2D eigenvalue weighted by Gasteiger charge is -2.31. The van der Waals surface area contributed by atoms with E-state index in [0.717, 1.165) is 15.6 Å². The van der Waals surface area contributed by atoms with E-state index in [4.69, 9.17) is 46.4 Å². The van der Waals surface area contributed by atoms with Crippen LogP contribution in [-0.4, -0.2) is 11.8 Å². The second kappa shape index (κ2) is 7.57. The van der Waals surface area contributed by atoms with Crippen LogP contribution < -0.4 is 0 Å². The average Bonchev–Trinajstić information content (AvgIpc) is 2.49. The van der Waals surface area contributed by atoms with Crippen LogP contribution in [0.2, 0.25) is 10.0 Å². The maximum atomic E-state index is 6.29. The first-order chi connectivity index (χ1) is 10.0. The monoisotopic (exact) mass is 424 g/mol. The molecule has 0 atom stereocenters. The first kappa shape index (κ1) is 17.4. The van der Waals surface area contributed by atoms with E-state index in [2.05, 4.69) is 15.9 Å². The molecule has 2 aromatic carbocycles. The lowest BCUT2D eigenvalue weighted by molar-refractivity contribution is 0.534. The Balaban J connectivity index is 2.43. The fourth-order valence-electron chi connectivity index (χ4n) is 2.30. The Morgan fingerprint density at radius 1 is 0.905 bits per heavy atom. The molecule has 0 aromatic heterocycles. The van der Waals surface area contributed by atoms with Gasteiger partial charge in [0.25, 0.3) is 0 Å². The molecule has 0 spiro atoms. The van der Waals surface area contributed by atoms with Crippen LogP contribution >= 0.6 is 62.3 Å². The Hall–Kier alpha value is 0.0800. The summed E-state index contributed by atoms with van der Waals surface area (Å²) >= 11 is 28.2. The minimum Gasteiger partial charge on any atom is -0.126 e. The van der Waals surface area contributed by atoms with Gasteiger partial charge in [0.15, 0.2) is 0 Å². The van der Waals surface area contributed by atoms with Gasteiger partial charge in [0.05, 0.1) is 10.0 Å². The van der Waals surface area contributed by atoms with Gasteiger partial charge in [-0.2, -0.15) is 0 Å². The molecule has 0 nitrogen and oxygen atoms in total. The van der Waals surface area contributed by atoms with E-state index in [9.17, 15) is 0 Å². The van der Waals surface area contributed by atoms with Crippen molar-refractivity contribution in [1.29, 1.82) is 0 Å². The third-order valence-corrected chi connectivity index (χ3v) is 5.94. The van der Waals surface area contributed by atoms with Crippen molar-refractivity contribution in [2.75, 3.05) is 11.8 Å². The second-order valence-electron chi connectivity index (χ2n) is 4.95. The summed E-state index contributed by atoms with van der Waals surface area (Å²) in [4.78, 5) is 0. The van der Waals surface area contributed by atoms with Crippen LogP contribution in [0, 0.1) is 0 Å². The van der Waals surface area contributed by atoms with E-state index in [1.165, 1.54) is 0 Å². The lowest BCUT2D eigenvalue weighted by atomic mass is 9.79. The molecule has 0 aliphatic heterocycles. The van der Waals surface area contributed by atoms with Crippen molar-refractivity contribution in [3.8, 4) is 0 Å². The molecule has 2 aromatic rings. The highest BCUT2D eigenvalue weighted by Gasteiger charge is 2.32. The van der Waals surface area contributed by atoms with Gasteiger partial charge in [-0.05, 0) is 35.7 Å². The molecular weight excluding hydrogens is 414 g/mol. The quantitative estimate of drug-likeness (QED) is 0.466. The number of halogens is 5. The highest BCUT2D eigenvalue weighted by atomic mass is 79.9. The van der Waals surface area contributed by atoms with Gasteiger partial charge in [-0.3, -0.25) is 0 Å². The van der Waals surface area contributed by atoms with Gasteiger partial charge in [0, 0.05) is 21.6 Å². The van der Waals surface area contributed by atoms with Crippen molar-refractivity contribution >= 4 is 62.3 Å². The third-order valence-electron chi connectivity index (χ3n) is 3.48. The first-order valence-corrected chi connectivity index (χ1v) is 8.95. The van der Waals surface area contributed by atoms with Gasteiger partial charge >= 0.3 is 0 Å². The number of hydrogen-bond donors (Lipinski definition) is 0. The molecule has 0 amide bonds. The molecule has 0 aliphatic carbocycles. The zero-order valence-electron chi connectivity index (χ0n) is 11.1. The standard InChI is InChI=1S/C16H13BrCl4/c17-13-4-2-1-3-12(13)16(9-18,10-19)8-11-5-6-14(20)15(21)7-11/h1-7H,8-10H2. The van der Waals surface area contributed by atoms with Gasteiger partial charge < -0.3 is 0 Å². The Morgan fingerprint density at radius 2 is 1.57 bits per heavy atom. The summed E-state index contributed by atoms with van der Waals surface area (Å²) in [7, 11) is 0. The van der Waals surface area contributed by atoms with Gasteiger partial charge in [0.1, 0.15) is 0 Å². The van der Waals surface area contributed by atoms with Crippen LogP contribution in [0.1, 0.15) is 11.1 Å². The summed E-state index contributed by atoms with van der Waals surface area (Å²) in [5.41, 5.74) is 1.79. The number of rotatable bonds is 5. The van der Waals surface area contributed by atoms with Crippen molar-refractivity contribution in [2.45, 2.75) is 11.8 Å². The summed E-state index contributed by atoms with van der Waals surface area (Å²) in [6.45, 7) is 0. The molecule has 0 saturated carbocycles. The maximum absolute atomic E-state index is 6.29. The number of hydrogen-bond acceptors (Lipinski definition) is 0. The normalized spacial score (nSPS) is 11.7. The van der Waals surface area contributed by atoms with Crippen molar-refractivity contribution in [1.82, 2.24) is 0 Å². The van der Waals surface area contributed by atoms with Crippen LogP contribution in [0.3, 0.4) is 0 Å². The third kappa shape index (κ3) is 3.89. The minimum absolute atomic E-state index is 0.361. The van der Waals surface area contributed by atoms with Crippen LogP contribution in [0.15, 0.2) is 46.9 Å². The summed E-state index contributed by atoms with van der Waals surface area (Å²) in [5, 5.41) is 1.09. The van der Waals surface area contributed by atoms with E-state index in [-0.39, 0.29) is 5.41 Å². The average molecular weight is 427 g/mol. The molecule has 0 N–H and O–H groups in total. The first-order valence-electron chi connectivity index (χ1n) is 6.33. The van der Waals surface area contributed by atoms with E-state index in [0.29, 0.717) is 28.2 Å². The topological polar surface area (TPSA) is 0 Å². The van der Waals surface area contributed by atoms with Crippen molar-refractivity contribution < 1.29 is 0 Å². The zero-order chi connectivity index (χ0) is 15.5. The predicted octanol–water partition coefficient (Wildman–Crippen LogP) is 6.71. The minimum atomic E-state index is -0.361. The summed E-state index contributed by atoms with van der Waals surface area (Å²) in [6, 6.07) is 13.6. The molecule has 0 saturated heterocycles. The molecule has 0 unspecified atom stereocenters. The molecule has 0 fully saturated rings. The molecule has 0 heterocycles. The highest BCUT2D eigenvalue weighted by molar-refractivity contribution is 9.10. The molecule has 21 heavy (non-hydrogen) atoms. The summed E-state index contributed by atoms with van der Waals surface area (Å²) in [5.74, 6) is 0.832. The smallest absolute Gasteiger partial charge is 0.0595 e. The second-order valence-corrected chi connectivity index (χ2v) is 7.16. The van der Waals surface area contributed by atoms with Gasteiger partial charge in [-0.15, -0.1) is 23.2 Å². The van der Waals surface area contributed by atoms with Gasteiger partial charge in [-0.1, -0.05) is 63.4 Å². The van der Waals surface area contributed by atoms with Crippen molar-refractivity contribution in [2.24, 2.45) is 0 Å². The fourth-order valence-corrected chi connectivity index (χ4v) is 4.09. The van der Waals surface area contributed by atoms with E-state index >= 15 is 0 Å². The Bertz CT molecular complexity index is 623. The molecule has 112 valence electrons. The highest BCUT2D eigenvalue weighted by Crippen LogP contribution is 2.37. The molecular formula is C16H13BrCl4. The summed E-state index contributed by atoms with van der Waals surface area (Å²) < 4.78 is 1.01. The molecule has 0 radical (unpaired) electrons. The Kier molecular flexibility index (Phi) is 6.28. The maximum Gasteiger partial charge on any atom is 0.0595 e. The van der Waals surface area contributed by atoms with Gasteiger partial charge in [0.2, 0.25) is 0 Å². The van der Waals surface area contributed by atoms with E-state index < -0.39 is 0 Å². The zero-order valence-corrected chi connectivity index (χ0v) is 15.7. The molecule has 5 heteroatoms. The Morgan fingerprint density at radius 3 is 2.14 bits per heavy atom.